The van der Waals surface area contributed by atoms with Crippen molar-refractivity contribution in [2.75, 3.05) is 11.9 Å². The van der Waals surface area contributed by atoms with E-state index in [0.717, 1.165) is 21.1 Å². The Kier molecular flexibility index (Phi) is 8.33. The number of carbonyl (C=O) groups excluding carboxylic acids is 1. The molecule has 0 aliphatic heterocycles. The number of hydrogen-bond acceptors (Lipinski definition) is 8. The molecule has 0 spiro atoms. The first-order valence-corrected chi connectivity index (χ1v) is 12.6. The Balaban J connectivity index is 1.46. The molecule has 2 heterocycles. The molecule has 0 bridgehead atoms. The molecule has 0 aliphatic rings. The minimum absolute atomic E-state index is 0.0636. The normalized spacial score (nSPS) is 12.2. The number of aliphatic hydroxyl groups is 1. The van der Waals surface area contributed by atoms with Gasteiger partial charge in [-0.2, -0.15) is 0 Å². The SMILES string of the molecule is CC(C)(CO)NCc1ccc(CC(=O)Nc2ncc(SCc3ncc(C(C)(C)C)o3)s2)cc1. The van der Waals surface area contributed by atoms with E-state index < -0.39 is 0 Å². The van der Waals surface area contributed by atoms with Gasteiger partial charge in [0.1, 0.15) is 5.76 Å². The maximum atomic E-state index is 12.4. The standard InChI is InChI=1S/C24H32N4O3S2/c1-23(2,3)18-12-25-20(31-18)14-32-21-13-26-22(33-21)28-19(30)10-16-6-8-17(9-7-16)11-27-24(4,5)15-29/h6-9,12-13,27,29H,10-11,14-15H2,1-5H3,(H,26,28,30). The van der Waals surface area contributed by atoms with Crippen LogP contribution in [0.5, 0.6) is 0 Å². The number of amides is 1. The van der Waals surface area contributed by atoms with Gasteiger partial charge in [-0.15, -0.1) is 11.8 Å². The molecule has 7 nitrogen and oxygen atoms in total. The highest BCUT2D eigenvalue weighted by atomic mass is 32.2. The van der Waals surface area contributed by atoms with Gasteiger partial charge in [0.2, 0.25) is 11.8 Å². The fourth-order valence-electron chi connectivity index (χ4n) is 2.76. The van der Waals surface area contributed by atoms with Crippen LogP contribution >= 0.6 is 23.1 Å². The number of anilines is 1. The first kappa shape index (κ1) is 25.4. The Morgan fingerprint density at radius 1 is 1.09 bits per heavy atom. The lowest BCUT2D eigenvalue weighted by atomic mass is 9.94. The monoisotopic (exact) mass is 488 g/mol. The predicted molar refractivity (Wildman–Crippen MR) is 134 cm³/mol. The highest BCUT2D eigenvalue weighted by Gasteiger charge is 2.19. The van der Waals surface area contributed by atoms with Gasteiger partial charge in [-0.05, 0) is 25.0 Å². The van der Waals surface area contributed by atoms with E-state index in [0.29, 0.717) is 23.3 Å². The number of rotatable bonds is 10. The van der Waals surface area contributed by atoms with Gasteiger partial charge in [0, 0.05) is 17.5 Å². The molecule has 33 heavy (non-hydrogen) atoms. The summed E-state index contributed by atoms with van der Waals surface area (Å²) < 4.78 is 6.81. The first-order chi connectivity index (χ1) is 15.5. The van der Waals surface area contributed by atoms with Crippen molar-refractivity contribution in [2.45, 2.75) is 68.5 Å². The fraction of sp³-hybridized carbons (Fsp3) is 0.458. The van der Waals surface area contributed by atoms with E-state index in [2.05, 4.69) is 41.4 Å². The minimum Gasteiger partial charge on any atom is -0.444 e. The van der Waals surface area contributed by atoms with Crippen LogP contribution in [0.15, 0.2) is 45.3 Å². The maximum absolute atomic E-state index is 12.4. The molecule has 3 N–H and O–H groups in total. The van der Waals surface area contributed by atoms with Crippen molar-refractivity contribution >= 4 is 34.1 Å². The quantitative estimate of drug-likeness (QED) is 0.354. The molecule has 0 saturated carbocycles. The molecule has 1 aromatic carbocycles. The molecule has 178 valence electrons. The summed E-state index contributed by atoms with van der Waals surface area (Å²) in [5.74, 6) is 2.06. The number of oxazole rings is 1. The van der Waals surface area contributed by atoms with E-state index in [1.165, 1.54) is 11.3 Å². The average molecular weight is 489 g/mol. The first-order valence-electron chi connectivity index (χ1n) is 10.8. The van der Waals surface area contributed by atoms with Crippen molar-refractivity contribution in [3.05, 3.63) is 59.4 Å². The van der Waals surface area contributed by atoms with Gasteiger partial charge in [-0.1, -0.05) is 56.4 Å². The fourth-order valence-corrected chi connectivity index (χ4v) is 4.50. The second-order valence-electron chi connectivity index (χ2n) is 9.58. The van der Waals surface area contributed by atoms with Crippen molar-refractivity contribution in [1.82, 2.24) is 15.3 Å². The molecule has 0 aliphatic carbocycles. The molecule has 9 heteroatoms. The highest BCUT2D eigenvalue weighted by Crippen LogP contribution is 2.31. The molecule has 0 unspecified atom stereocenters. The number of hydrogen-bond donors (Lipinski definition) is 3. The van der Waals surface area contributed by atoms with Crippen LogP contribution in [0.3, 0.4) is 0 Å². The van der Waals surface area contributed by atoms with Gasteiger partial charge >= 0.3 is 0 Å². The number of carbonyl (C=O) groups is 1. The molecular weight excluding hydrogens is 456 g/mol. The van der Waals surface area contributed by atoms with Crippen LogP contribution in [0.1, 0.15) is 57.4 Å². The zero-order valence-electron chi connectivity index (χ0n) is 19.8. The molecule has 3 aromatic rings. The predicted octanol–water partition coefficient (Wildman–Crippen LogP) is 4.76. The summed E-state index contributed by atoms with van der Waals surface area (Å²) in [4.78, 5) is 21.1. The second-order valence-corrected chi connectivity index (χ2v) is 11.9. The summed E-state index contributed by atoms with van der Waals surface area (Å²) in [5, 5.41) is 16.1. The maximum Gasteiger partial charge on any atom is 0.230 e. The zero-order valence-corrected chi connectivity index (χ0v) is 21.4. The topological polar surface area (TPSA) is 100 Å². The lowest BCUT2D eigenvalue weighted by Gasteiger charge is -2.23. The van der Waals surface area contributed by atoms with Gasteiger partial charge in [0.15, 0.2) is 5.13 Å². The van der Waals surface area contributed by atoms with E-state index in [1.807, 2.05) is 38.1 Å². The largest absolute Gasteiger partial charge is 0.444 e. The van der Waals surface area contributed by atoms with Crippen molar-refractivity contribution in [2.24, 2.45) is 0 Å². The van der Waals surface area contributed by atoms with Crippen molar-refractivity contribution < 1.29 is 14.3 Å². The van der Waals surface area contributed by atoms with E-state index >= 15 is 0 Å². The molecule has 3 rings (SSSR count). The number of benzene rings is 1. The number of thioether (sulfide) groups is 1. The van der Waals surface area contributed by atoms with Crippen LogP contribution in [0, 0.1) is 0 Å². The Hall–Kier alpha value is -2.20. The lowest BCUT2D eigenvalue weighted by Crippen LogP contribution is -2.42. The Labute approximate surface area is 203 Å². The molecule has 0 saturated heterocycles. The van der Waals surface area contributed by atoms with Crippen LogP contribution in [0.25, 0.3) is 0 Å². The zero-order chi connectivity index (χ0) is 24.1. The minimum atomic E-state index is -0.326. The third-order valence-electron chi connectivity index (χ3n) is 4.92. The van der Waals surface area contributed by atoms with Crippen LogP contribution in [-0.2, 0) is 28.9 Å². The van der Waals surface area contributed by atoms with Crippen LogP contribution in [0.2, 0.25) is 0 Å². The van der Waals surface area contributed by atoms with Crippen molar-refractivity contribution in [3.63, 3.8) is 0 Å². The summed E-state index contributed by atoms with van der Waals surface area (Å²) in [6.45, 7) is 10.9. The van der Waals surface area contributed by atoms with Crippen LogP contribution in [-0.4, -0.2) is 33.1 Å². The second kappa shape index (κ2) is 10.8. The summed E-state index contributed by atoms with van der Waals surface area (Å²) in [6.07, 6.45) is 3.82. The number of aromatic nitrogens is 2. The number of aliphatic hydroxyl groups excluding tert-OH is 1. The molecule has 2 aromatic heterocycles. The highest BCUT2D eigenvalue weighted by molar-refractivity contribution is 8.00. The Morgan fingerprint density at radius 3 is 2.42 bits per heavy atom. The smallest absolute Gasteiger partial charge is 0.230 e. The third kappa shape index (κ3) is 7.96. The van der Waals surface area contributed by atoms with E-state index in [-0.39, 0.29) is 29.9 Å². The molecule has 0 radical (unpaired) electrons. The van der Waals surface area contributed by atoms with Gasteiger partial charge in [-0.3, -0.25) is 4.79 Å². The summed E-state index contributed by atoms with van der Waals surface area (Å²) in [7, 11) is 0. The number of nitrogens with zero attached hydrogens (tertiary/aromatic N) is 2. The Bertz CT molecular complexity index is 1050. The summed E-state index contributed by atoms with van der Waals surface area (Å²) in [5.41, 5.74) is 1.64. The van der Waals surface area contributed by atoms with Crippen molar-refractivity contribution in [1.29, 1.82) is 0 Å². The molecule has 0 fully saturated rings. The van der Waals surface area contributed by atoms with E-state index in [9.17, 15) is 9.90 Å². The van der Waals surface area contributed by atoms with E-state index in [4.69, 9.17) is 4.42 Å². The van der Waals surface area contributed by atoms with Gasteiger partial charge in [0.25, 0.3) is 0 Å². The Morgan fingerprint density at radius 2 is 1.79 bits per heavy atom. The summed E-state index contributed by atoms with van der Waals surface area (Å²) >= 11 is 3.02. The lowest BCUT2D eigenvalue weighted by molar-refractivity contribution is -0.115. The number of thiazole rings is 1. The van der Waals surface area contributed by atoms with Gasteiger partial charge in [0.05, 0.1) is 35.4 Å². The molecule has 0 atom stereocenters. The summed E-state index contributed by atoms with van der Waals surface area (Å²) in [6, 6.07) is 7.89. The van der Waals surface area contributed by atoms with Crippen molar-refractivity contribution in [3.8, 4) is 0 Å². The average Bonchev–Trinajstić information content (AvgIpc) is 3.41. The van der Waals surface area contributed by atoms with Gasteiger partial charge in [-0.25, -0.2) is 9.97 Å². The molecular formula is C24H32N4O3S2. The van der Waals surface area contributed by atoms with Crippen LogP contribution < -0.4 is 10.6 Å². The van der Waals surface area contributed by atoms with Crippen LogP contribution in [0.4, 0.5) is 5.13 Å². The van der Waals surface area contributed by atoms with Gasteiger partial charge < -0.3 is 20.2 Å². The number of nitrogens with one attached hydrogen (secondary N) is 2. The molecule has 1 amide bonds. The third-order valence-corrected chi connectivity index (χ3v) is 7.01. The van der Waals surface area contributed by atoms with E-state index in [1.54, 1.807) is 24.2 Å².